The van der Waals surface area contributed by atoms with E-state index in [-0.39, 0.29) is 14.4 Å². The molecule has 0 unspecified atom stereocenters. The molecule has 0 radical (unpaired) electrons. The van der Waals surface area contributed by atoms with Gasteiger partial charge in [-0.25, -0.2) is 18.1 Å². The average molecular weight is 255 g/mol. The minimum Gasteiger partial charge on any atom is -0.274 e. The predicted octanol–water partition coefficient (Wildman–Crippen LogP) is 0.930. The van der Waals surface area contributed by atoms with Gasteiger partial charge in [0.15, 0.2) is 8.68 Å². The van der Waals surface area contributed by atoms with Crippen LogP contribution < -0.4 is 4.72 Å². The van der Waals surface area contributed by atoms with Crippen molar-refractivity contribution in [3.63, 3.8) is 0 Å². The van der Waals surface area contributed by atoms with E-state index in [4.69, 9.17) is 11.6 Å². The number of halogens is 1. The van der Waals surface area contributed by atoms with Crippen LogP contribution in [-0.4, -0.2) is 19.3 Å². The minimum absolute atomic E-state index is 0.0299. The number of nitrogens with zero attached hydrogens (tertiary/aromatic N) is 1. The molecule has 0 atom stereocenters. The maximum Gasteiger partial charge on any atom is 0.275 e. The topological polar surface area (TPSA) is 76.1 Å². The van der Waals surface area contributed by atoms with Crippen molar-refractivity contribution in [2.45, 2.75) is 18.1 Å². The summed E-state index contributed by atoms with van der Waals surface area (Å²) in [5, 5.41) is 0. The Hall–Kier alpha value is -0.660. The van der Waals surface area contributed by atoms with E-state index < -0.39 is 15.9 Å². The number of thiazole rings is 1. The van der Waals surface area contributed by atoms with Gasteiger partial charge in [-0.05, 0) is 6.92 Å². The highest BCUT2D eigenvalue weighted by Gasteiger charge is 2.22. The molecule has 5 nitrogen and oxygen atoms in total. The maximum absolute atomic E-state index is 11.5. The fraction of sp³-hybridized carbons (Fsp3) is 0.333. The number of carbonyl (C=O) groups is 1. The van der Waals surface area contributed by atoms with Crippen molar-refractivity contribution in [1.29, 1.82) is 0 Å². The van der Waals surface area contributed by atoms with Crippen LogP contribution in [0.2, 0.25) is 4.47 Å². The number of hydrogen-bond acceptors (Lipinski definition) is 5. The highest BCUT2D eigenvalue weighted by Crippen LogP contribution is 2.26. The molecule has 14 heavy (non-hydrogen) atoms. The fourth-order valence-electron chi connectivity index (χ4n) is 0.836. The van der Waals surface area contributed by atoms with Crippen molar-refractivity contribution in [3.8, 4) is 0 Å². The van der Waals surface area contributed by atoms with Crippen LogP contribution in [0.3, 0.4) is 0 Å². The average Bonchev–Trinajstić information content (AvgIpc) is 2.27. The number of hydrogen-bond donors (Lipinski definition) is 1. The van der Waals surface area contributed by atoms with Gasteiger partial charge in [0.1, 0.15) is 0 Å². The molecule has 1 N–H and O–H groups in total. The molecule has 8 heteroatoms. The van der Waals surface area contributed by atoms with Crippen LogP contribution in [0.4, 0.5) is 0 Å². The lowest BCUT2D eigenvalue weighted by Gasteiger charge is -2.01. The Labute approximate surface area is 90.2 Å². The van der Waals surface area contributed by atoms with E-state index in [0.29, 0.717) is 0 Å². The molecule has 0 saturated carbocycles. The molecule has 0 bridgehead atoms. The van der Waals surface area contributed by atoms with Crippen LogP contribution in [-0.2, 0) is 14.8 Å². The van der Waals surface area contributed by atoms with Crippen molar-refractivity contribution in [2.75, 3.05) is 0 Å². The number of aryl methyl sites for hydroxylation is 1. The summed E-state index contributed by atoms with van der Waals surface area (Å²) in [7, 11) is -3.80. The zero-order chi connectivity index (χ0) is 10.9. The van der Waals surface area contributed by atoms with Gasteiger partial charge >= 0.3 is 0 Å². The molecule has 0 aromatic carbocycles. The van der Waals surface area contributed by atoms with Gasteiger partial charge < -0.3 is 0 Å². The van der Waals surface area contributed by atoms with Gasteiger partial charge in [-0.3, -0.25) is 4.79 Å². The van der Waals surface area contributed by atoms with Crippen molar-refractivity contribution in [3.05, 3.63) is 10.2 Å². The Morgan fingerprint density at radius 1 is 1.57 bits per heavy atom. The number of sulfonamides is 1. The van der Waals surface area contributed by atoms with E-state index in [9.17, 15) is 13.2 Å². The molecule has 1 heterocycles. The Bertz CT molecular complexity index is 465. The summed E-state index contributed by atoms with van der Waals surface area (Å²) in [4.78, 5) is 14.3. The Morgan fingerprint density at radius 3 is 2.50 bits per heavy atom. The number of carbonyl (C=O) groups excluding carboxylic acids is 1. The van der Waals surface area contributed by atoms with Gasteiger partial charge in [0.05, 0.1) is 5.69 Å². The van der Waals surface area contributed by atoms with E-state index in [1.165, 1.54) is 6.92 Å². The van der Waals surface area contributed by atoms with Crippen LogP contribution in [0.25, 0.3) is 0 Å². The molecule has 78 valence electrons. The van der Waals surface area contributed by atoms with Gasteiger partial charge in [-0.15, -0.1) is 0 Å². The largest absolute Gasteiger partial charge is 0.275 e. The molecule has 1 amide bonds. The zero-order valence-electron chi connectivity index (χ0n) is 7.37. The number of aromatic nitrogens is 1. The third-order valence-electron chi connectivity index (χ3n) is 1.25. The van der Waals surface area contributed by atoms with Crippen LogP contribution in [0, 0.1) is 6.92 Å². The fourth-order valence-corrected chi connectivity index (χ4v) is 3.57. The lowest BCUT2D eigenvalue weighted by atomic mass is 10.6. The van der Waals surface area contributed by atoms with E-state index in [0.717, 1.165) is 18.3 Å². The summed E-state index contributed by atoms with van der Waals surface area (Å²) in [5.41, 5.74) is 0.286. The van der Waals surface area contributed by atoms with Crippen LogP contribution >= 0.6 is 22.9 Å². The minimum atomic E-state index is -3.80. The molecule has 1 aromatic heterocycles. The summed E-state index contributed by atoms with van der Waals surface area (Å²) in [6.45, 7) is 2.63. The molecule has 1 aromatic rings. The van der Waals surface area contributed by atoms with Crippen molar-refractivity contribution >= 4 is 38.9 Å². The van der Waals surface area contributed by atoms with E-state index in [1.807, 2.05) is 4.72 Å². The quantitative estimate of drug-likeness (QED) is 0.852. The second-order valence-electron chi connectivity index (χ2n) is 2.50. The first-order valence-electron chi connectivity index (χ1n) is 3.49. The lowest BCUT2D eigenvalue weighted by Crippen LogP contribution is -2.27. The number of amides is 1. The molecule has 0 spiro atoms. The third kappa shape index (κ3) is 2.43. The highest BCUT2D eigenvalue weighted by molar-refractivity contribution is 7.92. The monoisotopic (exact) mass is 254 g/mol. The number of rotatable bonds is 2. The smallest absolute Gasteiger partial charge is 0.274 e. The molecule has 0 aliphatic carbocycles. The van der Waals surface area contributed by atoms with E-state index in [1.54, 1.807) is 0 Å². The standard InChI is InChI=1S/C6H7ClN2O3S2/c1-3-5(13-6(7)8-3)14(11,12)9-4(2)10/h1-2H3,(H,9,10). The summed E-state index contributed by atoms with van der Waals surface area (Å²) in [6, 6.07) is 0. The molecule has 1 rings (SSSR count). The maximum atomic E-state index is 11.5. The third-order valence-corrected chi connectivity index (χ3v) is 4.55. The summed E-state index contributed by atoms with van der Waals surface area (Å²) < 4.78 is 24.8. The number of nitrogens with one attached hydrogen (secondary N) is 1. The zero-order valence-corrected chi connectivity index (χ0v) is 9.76. The first-order chi connectivity index (χ1) is 6.33. The SMILES string of the molecule is CC(=O)NS(=O)(=O)c1sc(Cl)nc1C. The van der Waals surface area contributed by atoms with Gasteiger partial charge in [0.2, 0.25) is 5.91 Å². The molecule has 0 fully saturated rings. The summed E-state index contributed by atoms with van der Waals surface area (Å²) >= 11 is 6.35. The molecule has 0 aliphatic rings. The molecular formula is C6H7ClN2O3S2. The molecular weight excluding hydrogens is 248 g/mol. The normalized spacial score (nSPS) is 11.4. The van der Waals surface area contributed by atoms with Gasteiger partial charge in [-0.1, -0.05) is 22.9 Å². The van der Waals surface area contributed by atoms with Crippen molar-refractivity contribution in [1.82, 2.24) is 9.71 Å². The van der Waals surface area contributed by atoms with Crippen LogP contribution in [0.5, 0.6) is 0 Å². The van der Waals surface area contributed by atoms with Gasteiger partial charge in [-0.2, -0.15) is 0 Å². The van der Waals surface area contributed by atoms with Crippen molar-refractivity contribution < 1.29 is 13.2 Å². The first-order valence-corrected chi connectivity index (χ1v) is 6.17. The Morgan fingerprint density at radius 2 is 2.14 bits per heavy atom. The summed E-state index contributed by atoms with van der Waals surface area (Å²) in [5.74, 6) is -0.645. The second-order valence-corrected chi connectivity index (χ2v) is 5.96. The first kappa shape index (κ1) is 11.4. The highest BCUT2D eigenvalue weighted by atomic mass is 35.5. The predicted molar refractivity (Wildman–Crippen MR) is 52.9 cm³/mol. The van der Waals surface area contributed by atoms with Crippen LogP contribution in [0.15, 0.2) is 4.21 Å². The van der Waals surface area contributed by atoms with E-state index in [2.05, 4.69) is 4.98 Å². The Balaban J connectivity index is 3.16. The Kier molecular flexibility index (Phi) is 3.13. The van der Waals surface area contributed by atoms with Gasteiger partial charge in [0.25, 0.3) is 10.0 Å². The van der Waals surface area contributed by atoms with Gasteiger partial charge in [0, 0.05) is 6.92 Å². The van der Waals surface area contributed by atoms with Crippen molar-refractivity contribution in [2.24, 2.45) is 0 Å². The molecule has 0 saturated heterocycles. The second kappa shape index (κ2) is 3.84. The molecule has 0 aliphatic heterocycles. The lowest BCUT2D eigenvalue weighted by molar-refractivity contribution is -0.117. The summed E-state index contributed by atoms with van der Waals surface area (Å²) in [6.07, 6.45) is 0. The van der Waals surface area contributed by atoms with E-state index >= 15 is 0 Å². The van der Waals surface area contributed by atoms with Crippen LogP contribution in [0.1, 0.15) is 12.6 Å².